The van der Waals surface area contributed by atoms with E-state index in [0.717, 1.165) is 22.5 Å². The lowest BCUT2D eigenvalue weighted by atomic mass is 10.1. The van der Waals surface area contributed by atoms with Gasteiger partial charge in [0.05, 0.1) is 11.9 Å². The summed E-state index contributed by atoms with van der Waals surface area (Å²) >= 11 is 0. The summed E-state index contributed by atoms with van der Waals surface area (Å²) in [5.74, 6) is 0.685. The van der Waals surface area contributed by atoms with Crippen molar-refractivity contribution in [3.63, 3.8) is 0 Å². The number of para-hydroxylation sites is 1. The molecule has 0 atom stereocenters. The molecule has 0 bridgehead atoms. The van der Waals surface area contributed by atoms with Crippen LogP contribution in [0.5, 0.6) is 0 Å². The number of hydrogen-bond acceptors (Lipinski definition) is 5. The third-order valence-electron chi connectivity index (χ3n) is 3.76. The van der Waals surface area contributed by atoms with E-state index >= 15 is 0 Å². The van der Waals surface area contributed by atoms with Crippen LogP contribution in [-0.4, -0.2) is 26.0 Å². The molecule has 0 amide bonds. The Morgan fingerprint density at radius 2 is 1.69 bits per heavy atom. The first-order valence-electron chi connectivity index (χ1n) is 8.16. The number of benzene rings is 1. The second-order valence-electron chi connectivity index (χ2n) is 5.53. The highest BCUT2D eigenvalue weighted by atomic mass is 15.3. The van der Waals surface area contributed by atoms with Crippen LogP contribution >= 0.6 is 0 Å². The molecule has 1 N–H and O–H groups in total. The van der Waals surface area contributed by atoms with Crippen LogP contribution in [0.1, 0.15) is 5.56 Å². The molecule has 0 aliphatic carbocycles. The minimum absolute atomic E-state index is 0.685. The summed E-state index contributed by atoms with van der Waals surface area (Å²) in [5, 5.41) is 9.03. The zero-order chi connectivity index (χ0) is 17.6. The average molecular weight is 340 g/mol. The molecular formula is C20H16N6. The van der Waals surface area contributed by atoms with Crippen LogP contribution in [0.25, 0.3) is 16.9 Å². The number of nitrogens with zero attached hydrogens (tertiary/aromatic N) is 5. The standard InChI is InChI=1S/C20H16N6/c1-2-6-18(7-3-1)26-15-17(14-23-24-19-8-4-5-11-22-19)20(25-26)16-9-12-21-13-10-16/h1-15H,(H,22,24)/b23-14-. The van der Waals surface area contributed by atoms with E-state index in [1.807, 2.05) is 71.5 Å². The molecule has 26 heavy (non-hydrogen) atoms. The molecule has 1 aromatic carbocycles. The number of rotatable bonds is 5. The number of hydrogen-bond donors (Lipinski definition) is 1. The van der Waals surface area contributed by atoms with Gasteiger partial charge < -0.3 is 0 Å². The summed E-state index contributed by atoms with van der Waals surface area (Å²) in [4.78, 5) is 8.27. The number of hydrazone groups is 1. The molecule has 126 valence electrons. The molecule has 0 radical (unpaired) electrons. The third-order valence-corrected chi connectivity index (χ3v) is 3.76. The maximum absolute atomic E-state index is 4.73. The largest absolute Gasteiger partial charge is 0.265 e. The van der Waals surface area contributed by atoms with Crippen molar-refractivity contribution in [3.8, 4) is 16.9 Å². The Bertz CT molecular complexity index is 994. The van der Waals surface area contributed by atoms with E-state index < -0.39 is 0 Å². The van der Waals surface area contributed by atoms with E-state index in [0.29, 0.717) is 5.82 Å². The first-order chi connectivity index (χ1) is 12.9. The Labute approximate surface area is 150 Å². The molecule has 0 unspecified atom stereocenters. The van der Waals surface area contributed by atoms with Gasteiger partial charge in [-0.1, -0.05) is 24.3 Å². The summed E-state index contributed by atoms with van der Waals surface area (Å²) in [5.41, 5.74) is 6.62. The highest BCUT2D eigenvalue weighted by molar-refractivity contribution is 5.89. The fraction of sp³-hybridized carbons (Fsp3) is 0. The molecular weight excluding hydrogens is 324 g/mol. The maximum atomic E-state index is 4.73. The Kier molecular flexibility index (Phi) is 4.47. The predicted molar refractivity (Wildman–Crippen MR) is 102 cm³/mol. The number of anilines is 1. The Morgan fingerprint density at radius 3 is 2.46 bits per heavy atom. The molecule has 4 rings (SSSR count). The van der Waals surface area contributed by atoms with E-state index in [1.54, 1.807) is 24.8 Å². The molecule has 0 saturated carbocycles. The first kappa shape index (κ1) is 15.7. The van der Waals surface area contributed by atoms with Crippen molar-refractivity contribution in [3.05, 3.63) is 91.0 Å². The van der Waals surface area contributed by atoms with Gasteiger partial charge in [-0.05, 0) is 36.4 Å². The van der Waals surface area contributed by atoms with Gasteiger partial charge in [0.1, 0.15) is 11.5 Å². The monoisotopic (exact) mass is 340 g/mol. The van der Waals surface area contributed by atoms with Gasteiger partial charge in [0.15, 0.2) is 0 Å². The van der Waals surface area contributed by atoms with Gasteiger partial charge in [0.2, 0.25) is 0 Å². The zero-order valence-corrected chi connectivity index (χ0v) is 13.9. The Morgan fingerprint density at radius 1 is 0.885 bits per heavy atom. The Balaban J connectivity index is 1.69. The van der Waals surface area contributed by atoms with E-state index in [2.05, 4.69) is 20.5 Å². The van der Waals surface area contributed by atoms with E-state index in [4.69, 9.17) is 5.10 Å². The molecule has 0 aliphatic heterocycles. The van der Waals surface area contributed by atoms with E-state index in [9.17, 15) is 0 Å². The molecule has 0 spiro atoms. The molecule has 3 aromatic heterocycles. The van der Waals surface area contributed by atoms with Crippen molar-refractivity contribution in [1.82, 2.24) is 19.7 Å². The summed E-state index contributed by atoms with van der Waals surface area (Å²) in [6, 6.07) is 19.5. The molecule has 3 heterocycles. The smallest absolute Gasteiger partial charge is 0.146 e. The van der Waals surface area contributed by atoms with E-state index in [1.165, 1.54) is 0 Å². The quantitative estimate of drug-likeness (QED) is 0.443. The summed E-state index contributed by atoms with van der Waals surface area (Å²) in [6.45, 7) is 0. The average Bonchev–Trinajstić information content (AvgIpc) is 3.14. The topological polar surface area (TPSA) is 68.0 Å². The van der Waals surface area contributed by atoms with Crippen LogP contribution in [0.3, 0.4) is 0 Å². The van der Waals surface area contributed by atoms with Crippen molar-refractivity contribution in [2.45, 2.75) is 0 Å². The summed E-state index contributed by atoms with van der Waals surface area (Å²) in [6.07, 6.45) is 8.92. The van der Waals surface area contributed by atoms with Gasteiger partial charge in [-0.3, -0.25) is 10.4 Å². The lowest BCUT2D eigenvalue weighted by molar-refractivity contribution is 0.884. The molecule has 0 saturated heterocycles. The van der Waals surface area contributed by atoms with Crippen LogP contribution in [0.2, 0.25) is 0 Å². The molecule has 6 nitrogen and oxygen atoms in total. The van der Waals surface area contributed by atoms with Crippen LogP contribution in [-0.2, 0) is 0 Å². The van der Waals surface area contributed by atoms with Gasteiger partial charge in [-0.2, -0.15) is 10.2 Å². The van der Waals surface area contributed by atoms with Crippen LogP contribution < -0.4 is 5.43 Å². The van der Waals surface area contributed by atoms with Crippen molar-refractivity contribution >= 4 is 12.0 Å². The molecule has 4 aromatic rings. The van der Waals surface area contributed by atoms with Crippen molar-refractivity contribution in [2.75, 3.05) is 5.43 Å². The summed E-state index contributed by atoms with van der Waals surface area (Å²) in [7, 11) is 0. The first-order valence-corrected chi connectivity index (χ1v) is 8.16. The van der Waals surface area contributed by atoms with Crippen LogP contribution in [0.4, 0.5) is 5.82 Å². The lowest BCUT2D eigenvalue weighted by Crippen LogP contribution is -1.93. The second-order valence-corrected chi connectivity index (χ2v) is 5.53. The van der Waals surface area contributed by atoms with Crippen molar-refractivity contribution < 1.29 is 0 Å². The lowest BCUT2D eigenvalue weighted by Gasteiger charge is -2.00. The third kappa shape index (κ3) is 3.49. The normalized spacial score (nSPS) is 10.9. The van der Waals surface area contributed by atoms with Gasteiger partial charge in [0, 0.05) is 35.9 Å². The zero-order valence-electron chi connectivity index (χ0n) is 13.9. The van der Waals surface area contributed by atoms with Crippen LogP contribution in [0.15, 0.2) is 90.6 Å². The summed E-state index contributed by atoms with van der Waals surface area (Å²) < 4.78 is 1.85. The highest BCUT2D eigenvalue weighted by Crippen LogP contribution is 2.22. The maximum Gasteiger partial charge on any atom is 0.146 e. The number of aromatic nitrogens is 4. The minimum atomic E-state index is 0.685. The van der Waals surface area contributed by atoms with Gasteiger partial charge in [-0.25, -0.2) is 9.67 Å². The van der Waals surface area contributed by atoms with Gasteiger partial charge in [-0.15, -0.1) is 0 Å². The molecule has 6 heteroatoms. The highest BCUT2D eigenvalue weighted by Gasteiger charge is 2.10. The Hall–Kier alpha value is -3.80. The second kappa shape index (κ2) is 7.40. The molecule has 0 fully saturated rings. The predicted octanol–water partition coefficient (Wildman–Crippen LogP) is 3.78. The van der Waals surface area contributed by atoms with Gasteiger partial charge in [0.25, 0.3) is 0 Å². The fourth-order valence-corrected chi connectivity index (χ4v) is 2.53. The van der Waals surface area contributed by atoms with E-state index in [-0.39, 0.29) is 0 Å². The van der Waals surface area contributed by atoms with Crippen LogP contribution in [0, 0.1) is 0 Å². The molecule has 0 aliphatic rings. The van der Waals surface area contributed by atoms with Crippen molar-refractivity contribution in [2.24, 2.45) is 5.10 Å². The minimum Gasteiger partial charge on any atom is -0.265 e. The van der Waals surface area contributed by atoms with Gasteiger partial charge >= 0.3 is 0 Å². The number of nitrogens with one attached hydrogen (secondary N) is 1. The number of pyridine rings is 2. The SMILES string of the molecule is C(=N/Nc1ccccn1)/c1cn(-c2ccccc2)nc1-c1ccncc1. The van der Waals surface area contributed by atoms with Crippen molar-refractivity contribution in [1.29, 1.82) is 0 Å². The fourth-order valence-electron chi connectivity index (χ4n) is 2.53.